The Bertz CT molecular complexity index is 768. The molecule has 6 heteroatoms. The van der Waals surface area contributed by atoms with Crippen molar-refractivity contribution in [1.29, 1.82) is 0 Å². The van der Waals surface area contributed by atoms with Crippen LogP contribution >= 0.6 is 22.9 Å². The zero-order chi connectivity index (χ0) is 14.1. The van der Waals surface area contributed by atoms with Gasteiger partial charge in [-0.2, -0.15) is 0 Å². The van der Waals surface area contributed by atoms with Crippen LogP contribution in [0.15, 0.2) is 42.5 Å². The number of nitrogens with zero attached hydrogens (tertiary/aromatic N) is 1. The first-order valence-electron chi connectivity index (χ1n) is 5.79. The number of aromatic nitrogens is 1. The molecule has 3 rings (SSSR count). The zero-order valence-corrected chi connectivity index (χ0v) is 11.7. The fourth-order valence-electron chi connectivity index (χ4n) is 1.82. The van der Waals surface area contributed by atoms with E-state index in [4.69, 9.17) is 16.7 Å². The molecule has 0 saturated carbocycles. The summed E-state index contributed by atoms with van der Waals surface area (Å²) in [5.74, 6) is -1.04. The molecule has 0 aliphatic carbocycles. The number of anilines is 2. The smallest absolute Gasteiger partial charge is 0.337 e. The maximum absolute atomic E-state index is 10.9. The van der Waals surface area contributed by atoms with Crippen LogP contribution in [0.3, 0.4) is 0 Å². The number of carbonyl (C=O) groups is 1. The van der Waals surface area contributed by atoms with Gasteiger partial charge >= 0.3 is 5.97 Å². The minimum Gasteiger partial charge on any atom is -0.478 e. The number of halogens is 1. The first kappa shape index (κ1) is 12.9. The summed E-state index contributed by atoms with van der Waals surface area (Å²) in [5.41, 5.74) is 1.72. The summed E-state index contributed by atoms with van der Waals surface area (Å²) in [5, 5.41) is 13.0. The summed E-state index contributed by atoms with van der Waals surface area (Å²) < 4.78 is 1.09. The second kappa shape index (κ2) is 5.11. The fourth-order valence-corrected chi connectivity index (χ4v) is 2.96. The molecule has 0 atom stereocenters. The van der Waals surface area contributed by atoms with Crippen molar-refractivity contribution in [3.8, 4) is 0 Å². The van der Waals surface area contributed by atoms with Gasteiger partial charge in [0.15, 0.2) is 5.13 Å². The monoisotopic (exact) mass is 304 g/mol. The highest BCUT2D eigenvalue weighted by atomic mass is 35.5. The maximum atomic E-state index is 10.9. The summed E-state index contributed by atoms with van der Waals surface area (Å²) in [4.78, 5) is 15.3. The number of benzene rings is 2. The van der Waals surface area contributed by atoms with Crippen molar-refractivity contribution >= 4 is 49.9 Å². The summed E-state index contributed by atoms with van der Waals surface area (Å²) in [6, 6.07) is 12.6. The number of rotatable bonds is 3. The number of para-hydroxylation sites is 1. The molecule has 2 aromatic carbocycles. The number of carboxylic acids is 1. The predicted molar refractivity (Wildman–Crippen MR) is 81.3 cm³/mol. The second-order valence-corrected chi connectivity index (χ2v) is 5.55. The van der Waals surface area contributed by atoms with Gasteiger partial charge < -0.3 is 10.4 Å². The molecule has 0 radical (unpaired) electrons. The van der Waals surface area contributed by atoms with Gasteiger partial charge in [0, 0.05) is 5.69 Å². The van der Waals surface area contributed by atoms with Gasteiger partial charge in [-0.15, -0.1) is 0 Å². The number of hydrogen-bond donors (Lipinski definition) is 2. The first-order valence-corrected chi connectivity index (χ1v) is 6.98. The lowest BCUT2D eigenvalue weighted by atomic mass is 10.2. The molecule has 0 amide bonds. The molecule has 0 aliphatic rings. The van der Waals surface area contributed by atoms with E-state index in [1.807, 2.05) is 24.3 Å². The van der Waals surface area contributed by atoms with Gasteiger partial charge in [0.25, 0.3) is 0 Å². The molecule has 0 bridgehead atoms. The summed E-state index contributed by atoms with van der Waals surface area (Å²) >= 11 is 7.46. The van der Waals surface area contributed by atoms with Crippen LogP contribution in [-0.2, 0) is 0 Å². The van der Waals surface area contributed by atoms with Gasteiger partial charge in [-0.05, 0) is 30.3 Å². The molecule has 0 fully saturated rings. The van der Waals surface area contributed by atoms with E-state index in [0.29, 0.717) is 5.69 Å². The van der Waals surface area contributed by atoms with E-state index < -0.39 is 5.97 Å². The summed E-state index contributed by atoms with van der Waals surface area (Å²) in [7, 11) is 0. The topological polar surface area (TPSA) is 62.2 Å². The average molecular weight is 305 g/mol. The standard InChI is InChI=1S/C14H9ClN2O2S/c15-10-7-8(5-6-9(10)13(18)19)16-14-17-11-3-1-2-4-12(11)20-14/h1-7H,(H,16,17)(H,18,19). The molecule has 1 heterocycles. The third-order valence-corrected chi connectivity index (χ3v) is 4.01. The highest BCUT2D eigenvalue weighted by Gasteiger charge is 2.10. The summed E-state index contributed by atoms with van der Waals surface area (Å²) in [6.07, 6.45) is 0. The lowest BCUT2D eigenvalue weighted by Gasteiger charge is -2.04. The number of nitrogens with one attached hydrogen (secondary N) is 1. The first-order chi connectivity index (χ1) is 9.63. The minimum absolute atomic E-state index is 0.0847. The van der Waals surface area contributed by atoms with E-state index >= 15 is 0 Å². The summed E-state index contributed by atoms with van der Waals surface area (Å²) in [6.45, 7) is 0. The lowest BCUT2D eigenvalue weighted by Crippen LogP contribution is -1.98. The number of aromatic carboxylic acids is 1. The van der Waals surface area contributed by atoms with Crippen molar-refractivity contribution < 1.29 is 9.90 Å². The van der Waals surface area contributed by atoms with Gasteiger partial charge in [-0.1, -0.05) is 35.1 Å². The molecular formula is C14H9ClN2O2S. The van der Waals surface area contributed by atoms with Crippen LogP contribution in [0.25, 0.3) is 10.2 Å². The number of thiazole rings is 1. The SMILES string of the molecule is O=C(O)c1ccc(Nc2nc3ccccc3s2)cc1Cl. The van der Waals surface area contributed by atoms with Gasteiger partial charge in [0.2, 0.25) is 0 Å². The minimum atomic E-state index is -1.04. The van der Waals surface area contributed by atoms with Crippen LogP contribution < -0.4 is 5.32 Å². The van der Waals surface area contributed by atoms with Crippen molar-refractivity contribution in [2.75, 3.05) is 5.32 Å². The van der Waals surface area contributed by atoms with Gasteiger partial charge in [0.05, 0.1) is 20.8 Å². The fraction of sp³-hybridized carbons (Fsp3) is 0. The highest BCUT2D eigenvalue weighted by Crippen LogP contribution is 2.29. The van der Waals surface area contributed by atoms with Gasteiger partial charge in [-0.3, -0.25) is 0 Å². The Labute approximate surface area is 123 Å². The van der Waals surface area contributed by atoms with Crippen molar-refractivity contribution in [3.63, 3.8) is 0 Å². The molecular weight excluding hydrogens is 296 g/mol. The Morgan fingerprint density at radius 2 is 2.05 bits per heavy atom. The molecule has 4 nitrogen and oxygen atoms in total. The molecule has 2 N–H and O–H groups in total. The zero-order valence-electron chi connectivity index (χ0n) is 10.1. The van der Waals surface area contributed by atoms with Crippen LogP contribution in [0.1, 0.15) is 10.4 Å². The largest absolute Gasteiger partial charge is 0.478 e. The maximum Gasteiger partial charge on any atom is 0.337 e. The van der Waals surface area contributed by atoms with E-state index in [2.05, 4.69) is 10.3 Å². The Morgan fingerprint density at radius 3 is 2.75 bits per heavy atom. The number of fused-ring (bicyclic) bond motifs is 1. The molecule has 0 unspecified atom stereocenters. The van der Waals surface area contributed by atoms with E-state index in [1.165, 1.54) is 17.4 Å². The number of carboxylic acid groups (broad SMARTS) is 1. The van der Waals surface area contributed by atoms with E-state index in [-0.39, 0.29) is 10.6 Å². The normalized spacial score (nSPS) is 10.7. The Balaban J connectivity index is 1.90. The Hall–Kier alpha value is -2.11. The van der Waals surface area contributed by atoms with Crippen molar-refractivity contribution in [3.05, 3.63) is 53.1 Å². The van der Waals surface area contributed by atoms with Crippen LogP contribution in [0.5, 0.6) is 0 Å². The Kier molecular flexibility index (Phi) is 3.30. The molecule has 0 aliphatic heterocycles. The number of hydrogen-bond acceptors (Lipinski definition) is 4. The van der Waals surface area contributed by atoms with E-state index in [0.717, 1.165) is 15.3 Å². The van der Waals surface area contributed by atoms with Crippen LogP contribution in [0.2, 0.25) is 5.02 Å². The van der Waals surface area contributed by atoms with Crippen molar-refractivity contribution in [2.45, 2.75) is 0 Å². The van der Waals surface area contributed by atoms with Crippen LogP contribution in [-0.4, -0.2) is 16.1 Å². The quantitative estimate of drug-likeness (QED) is 0.753. The van der Waals surface area contributed by atoms with Gasteiger partial charge in [-0.25, -0.2) is 9.78 Å². The van der Waals surface area contributed by atoms with Crippen molar-refractivity contribution in [2.24, 2.45) is 0 Å². The second-order valence-electron chi connectivity index (χ2n) is 4.11. The predicted octanol–water partition coefficient (Wildman–Crippen LogP) is 4.39. The average Bonchev–Trinajstić information content (AvgIpc) is 2.80. The van der Waals surface area contributed by atoms with Crippen LogP contribution in [0, 0.1) is 0 Å². The molecule has 0 saturated heterocycles. The van der Waals surface area contributed by atoms with E-state index in [9.17, 15) is 4.79 Å². The van der Waals surface area contributed by atoms with Crippen LogP contribution in [0.4, 0.5) is 10.8 Å². The Morgan fingerprint density at radius 1 is 1.25 bits per heavy atom. The van der Waals surface area contributed by atoms with Gasteiger partial charge in [0.1, 0.15) is 0 Å². The molecule has 1 aromatic heterocycles. The molecule has 20 heavy (non-hydrogen) atoms. The highest BCUT2D eigenvalue weighted by molar-refractivity contribution is 7.22. The lowest BCUT2D eigenvalue weighted by molar-refractivity contribution is 0.0697. The van der Waals surface area contributed by atoms with E-state index in [1.54, 1.807) is 12.1 Å². The molecule has 0 spiro atoms. The third kappa shape index (κ3) is 2.45. The molecule has 3 aromatic rings. The van der Waals surface area contributed by atoms with Crippen molar-refractivity contribution in [1.82, 2.24) is 4.98 Å². The third-order valence-electron chi connectivity index (χ3n) is 2.74. The molecule has 100 valence electrons.